The van der Waals surface area contributed by atoms with E-state index < -0.39 is 22.8 Å². The van der Waals surface area contributed by atoms with Gasteiger partial charge in [-0.2, -0.15) is 0 Å². The van der Waals surface area contributed by atoms with Crippen LogP contribution in [0.15, 0.2) is 12.2 Å². The van der Waals surface area contributed by atoms with Crippen molar-refractivity contribution in [2.75, 3.05) is 0 Å². The summed E-state index contributed by atoms with van der Waals surface area (Å²) in [6.45, 7) is 3.66. The van der Waals surface area contributed by atoms with Gasteiger partial charge in [-0.15, -0.1) is 0 Å². The minimum atomic E-state index is -1.16. The molecule has 96 valence electrons. The topological polar surface area (TPSA) is 74.6 Å². The van der Waals surface area contributed by atoms with Crippen LogP contribution in [0.3, 0.4) is 0 Å². The van der Waals surface area contributed by atoms with Crippen LogP contribution in [0, 0.1) is 10.8 Å². The summed E-state index contributed by atoms with van der Waals surface area (Å²) in [5, 5.41) is 19.0. The predicted molar refractivity (Wildman–Crippen MR) is 63.7 cm³/mol. The number of carbonyl (C=O) groups is 2. The minimum absolute atomic E-state index is 0.311. The largest absolute Gasteiger partial charge is 0.481 e. The quantitative estimate of drug-likeness (QED) is 0.724. The second-order valence-corrected chi connectivity index (χ2v) is 4.76. The van der Waals surface area contributed by atoms with Gasteiger partial charge in [-0.05, 0) is 25.7 Å². The van der Waals surface area contributed by atoms with E-state index in [0.717, 1.165) is 0 Å². The van der Waals surface area contributed by atoms with Crippen molar-refractivity contribution in [2.24, 2.45) is 10.8 Å². The number of carboxylic acids is 2. The molecule has 0 aliphatic heterocycles. The van der Waals surface area contributed by atoms with E-state index in [9.17, 15) is 19.8 Å². The van der Waals surface area contributed by atoms with Crippen LogP contribution < -0.4 is 0 Å². The van der Waals surface area contributed by atoms with E-state index in [1.165, 1.54) is 0 Å². The highest BCUT2D eigenvalue weighted by molar-refractivity contribution is 5.87. The fourth-order valence-electron chi connectivity index (χ4n) is 3.05. The van der Waals surface area contributed by atoms with E-state index in [2.05, 4.69) is 0 Å². The maximum absolute atomic E-state index is 11.6. The van der Waals surface area contributed by atoms with Gasteiger partial charge in [0, 0.05) is 0 Å². The zero-order chi connectivity index (χ0) is 13.1. The summed E-state index contributed by atoms with van der Waals surface area (Å²) in [7, 11) is 0. The lowest BCUT2D eigenvalue weighted by molar-refractivity contribution is -0.176. The van der Waals surface area contributed by atoms with E-state index in [0.29, 0.717) is 32.1 Å². The van der Waals surface area contributed by atoms with E-state index >= 15 is 0 Å². The average Bonchev–Trinajstić information content (AvgIpc) is 2.29. The third kappa shape index (κ3) is 1.85. The summed E-state index contributed by atoms with van der Waals surface area (Å²) in [5.41, 5.74) is -2.32. The Labute approximate surface area is 101 Å². The Morgan fingerprint density at radius 3 is 1.88 bits per heavy atom. The van der Waals surface area contributed by atoms with Crippen LogP contribution in [0.25, 0.3) is 0 Å². The molecule has 0 bridgehead atoms. The summed E-state index contributed by atoms with van der Waals surface area (Å²) in [6, 6.07) is 0. The van der Waals surface area contributed by atoms with Crippen LogP contribution in [0.1, 0.15) is 46.0 Å². The van der Waals surface area contributed by atoms with Gasteiger partial charge in [0.1, 0.15) is 0 Å². The molecule has 0 saturated carbocycles. The molecule has 4 nitrogen and oxygen atoms in total. The molecule has 1 rings (SSSR count). The van der Waals surface area contributed by atoms with Gasteiger partial charge in [0.25, 0.3) is 0 Å². The molecular weight excluding hydrogens is 220 g/mol. The number of hydrogen-bond donors (Lipinski definition) is 2. The summed E-state index contributed by atoms with van der Waals surface area (Å²) < 4.78 is 0. The molecule has 1 aliphatic rings. The molecule has 0 fully saturated rings. The Bertz CT molecular complexity index is 347. The van der Waals surface area contributed by atoms with E-state index in [4.69, 9.17) is 0 Å². The molecule has 0 amide bonds. The van der Waals surface area contributed by atoms with Crippen LogP contribution in [-0.2, 0) is 9.59 Å². The Hall–Kier alpha value is -1.32. The number of hydrogen-bond acceptors (Lipinski definition) is 2. The summed E-state index contributed by atoms with van der Waals surface area (Å²) >= 11 is 0. The zero-order valence-corrected chi connectivity index (χ0v) is 10.4. The van der Waals surface area contributed by atoms with Gasteiger partial charge < -0.3 is 10.2 Å². The van der Waals surface area contributed by atoms with E-state index in [1.54, 1.807) is 19.1 Å². The smallest absolute Gasteiger partial charge is 0.311 e. The Balaban J connectivity index is 3.35. The lowest BCUT2D eigenvalue weighted by Gasteiger charge is -2.46. The highest BCUT2D eigenvalue weighted by Gasteiger charge is 2.59. The van der Waals surface area contributed by atoms with Crippen LogP contribution >= 0.6 is 0 Å². The summed E-state index contributed by atoms with van der Waals surface area (Å²) in [6.07, 6.45) is 5.66. The molecule has 0 aromatic rings. The molecule has 0 aromatic heterocycles. The SMILES string of the molecule is CCC[C@]1(C(=O)O)CC=CC[C@@]1(CC)C(=O)O. The first-order chi connectivity index (χ1) is 7.97. The zero-order valence-electron chi connectivity index (χ0n) is 10.4. The van der Waals surface area contributed by atoms with Crippen LogP contribution in [-0.4, -0.2) is 22.2 Å². The highest BCUT2D eigenvalue weighted by Crippen LogP contribution is 2.53. The third-order valence-electron chi connectivity index (χ3n) is 4.11. The molecule has 0 spiro atoms. The number of allylic oxidation sites excluding steroid dienone is 2. The van der Waals surface area contributed by atoms with Gasteiger partial charge in [0.05, 0.1) is 10.8 Å². The number of rotatable bonds is 5. The third-order valence-corrected chi connectivity index (χ3v) is 4.11. The monoisotopic (exact) mass is 240 g/mol. The first kappa shape index (κ1) is 13.7. The molecule has 0 unspecified atom stereocenters. The van der Waals surface area contributed by atoms with Crippen molar-refractivity contribution >= 4 is 11.9 Å². The van der Waals surface area contributed by atoms with Crippen molar-refractivity contribution in [1.82, 2.24) is 0 Å². The maximum Gasteiger partial charge on any atom is 0.311 e. The van der Waals surface area contributed by atoms with Crippen molar-refractivity contribution in [2.45, 2.75) is 46.0 Å². The van der Waals surface area contributed by atoms with Crippen molar-refractivity contribution in [3.05, 3.63) is 12.2 Å². The number of carboxylic acid groups (broad SMARTS) is 2. The standard InChI is InChI=1S/C13H20O4/c1-3-7-13(11(16)17)9-6-5-8-12(13,4-2)10(14)15/h5-6H,3-4,7-9H2,1-2H3,(H,14,15)(H,16,17)/t12-,13+/m0/s1. The van der Waals surface area contributed by atoms with Gasteiger partial charge in [-0.1, -0.05) is 32.4 Å². The molecule has 4 heteroatoms. The first-order valence-corrected chi connectivity index (χ1v) is 6.08. The van der Waals surface area contributed by atoms with Crippen LogP contribution in [0.4, 0.5) is 0 Å². The molecule has 0 radical (unpaired) electrons. The van der Waals surface area contributed by atoms with Crippen LogP contribution in [0.5, 0.6) is 0 Å². The Kier molecular flexibility index (Phi) is 3.96. The fourth-order valence-corrected chi connectivity index (χ4v) is 3.05. The van der Waals surface area contributed by atoms with Gasteiger partial charge in [-0.3, -0.25) is 9.59 Å². The van der Waals surface area contributed by atoms with Crippen molar-refractivity contribution < 1.29 is 19.8 Å². The molecule has 0 saturated heterocycles. The molecule has 2 atom stereocenters. The second kappa shape index (κ2) is 4.90. The van der Waals surface area contributed by atoms with Crippen molar-refractivity contribution in [1.29, 1.82) is 0 Å². The minimum Gasteiger partial charge on any atom is -0.481 e. The normalized spacial score (nSPS) is 32.4. The summed E-state index contributed by atoms with van der Waals surface area (Å²) in [4.78, 5) is 23.3. The van der Waals surface area contributed by atoms with Gasteiger partial charge in [-0.25, -0.2) is 0 Å². The van der Waals surface area contributed by atoms with Gasteiger partial charge in [0.2, 0.25) is 0 Å². The molecule has 1 aliphatic carbocycles. The molecule has 0 heterocycles. The van der Waals surface area contributed by atoms with Crippen molar-refractivity contribution in [3.63, 3.8) is 0 Å². The first-order valence-electron chi connectivity index (χ1n) is 6.08. The molecular formula is C13H20O4. The maximum atomic E-state index is 11.6. The summed E-state index contributed by atoms with van der Waals surface area (Å²) in [5.74, 6) is -1.96. The molecule has 0 aromatic carbocycles. The lowest BCUT2D eigenvalue weighted by atomic mass is 9.54. The fraction of sp³-hybridized carbons (Fsp3) is 0.692. The van der Waals surface area contributed by atoms with E-state index in [1.807, 2.05) is 6.92 Å². The number of aliphatic carboxylic acids is 2. The molecule has 17 heavy (non-hydrogen) atoms. The van der Waals surface area contributed by atoms with Gasteiger partial charge in [0.15, 0.2) is 0 Å². The van der Waals surface area contributed by atoms with Gasteiger partial charge >= 0.3 is 11.9 Å². The second-order valence-electron chi connectivity index (χ2n) is 4.76. The highest BCUT2D eigenvalue weighted by atomic mass is 16.4. The predicted octanol–water partition coefficient (Wildman–Crippen LogP) is 2.69. The molecule has 2 N–H and O–H groups in total. The van der Waals surface area contributed by atoms with Crippen molar-refractivity contribution in [3.8, 4) is 0 Å². The van der Waals surface area contributed by atoms with E-state index in [-0.39, 0.29) is 0 Å². The Morgan fingerprint density at radius 2 is 1.53 bits per heavy atom. The van der Waals surface area contributed by atoms with Crippen LogP contribution in [0.2, 0.25) is 0 Å². The lowest BCUT2D eigenvalue weighted by Crippen LogP contribution is -2.53. The Morgan fingerprint density at radius 1 is 1.06 bits per heavy atom. The average molecular weight is 240 g/mol.